The van der Waals surface area contributed by atoms with Crippen LogP contribution in [0.15, 0.2) is 29.2 Å². The summed E-state index contributed by atoms with van der Waals surface area (Å²) in [5, 5.41) is 27.7. The molecule has 0 aliphatic heterocycles. The van der Waals surface area contributed by atoms with Crippen LogP contribution in [0.3, 0.4) is 0 Å². The molecule has 0 heterocycles. The highest BCUT2D eigenvalue weighted by Crippen LogP contribution is 2.22. The van der Waals surface area contributed by atoms with Gasteiger partial charge in [0.2, 0.25) is 5.91 Å². The van der Waals surface area contributed by atoms with Crippen LogP contribution in [-0.2, 0) is 9.59 Å². The molecule has 9 heteroatoms. The molecule has 0 saturated carbocycles. The second-order valence-corrected chi connectivity index (χ2v) is 4.46. The number of carbonyl (C=O) groups is 2. The van der Waals surface area contributed by atoms with Gasteiger partial charge >= 0.3 is 5.97 Å². The summed E-state index contributed by atoms with van der Waals surface area (Å²) in [7, 11) is 0. The summed E-state index contributed by atoms with van der Waals surface area (Å²) < 4.78 is 2.52. The number of nitrogens with two attached hydrogens (primary N) is 1. The number of rotatable bonds is 7. The van der Waals surface area contributed by atoms with Gasteiger partial charge in [-0.25, -0.2) is 9.93 Å². The number of carboxylic acids is 1. The molecule has 8 nitrogen and oxygen atoms in total. The fourth-order valence-corrected chi connectivity index (χ4v) is 2.11. The zero-order valence-corrected chi connectivity index (χ0v) is 10.5. The lowest BCUT2D eigenvalue weighted by molar-refractivity contribution is -0.992. The summed E-state index contributed by atoms with van der Waals surface area (Å²) in [4.78, 5) is 21.9. The number of hydrogen-bond donors (Lipinski definition) is 5. The zero-order chi connectivity index (χ0) is 14.4. The van der Waals surface area contributed by atoms with E-state index in [-0.39, 0.29) is 12.1 Å². The molecule has 0 radical (unpaired) electrons. The Hall–Kier alpha value is -1.65. The highest BCUT2D eigenvalue weighted by atomic mass is 32.2. The Kier molecular flexibility index (Phi) is 5.73. The van der Waals surface area contributed by atoms with Crippen LogP contribution in [0.25, 0.3) is 0 Å². The van der Waals surface area contributed by atoms with E-state index in [1.54, 1.807) is 12.1 Å². The number of quaternary nitrogens is 1. The highest BCUT2D eigenvalue weighted by Gasteiger charge is 2.21. The van der Waals surface area contributed by atoms with E-state index in [1.807, 2.05) is 0 Å². The van der Waals surface area contributed by atoms with Crippen LogP contribution in [0.4, 0.5) is 5.69 Å². The molecule has 0 spiro atoms. The predicted octanol–water partition coefficient (Wildman–Crippen LogP) is -0.985. The van der Waals surface area contributed by atoms with Crippen LogP contribution in [-0.4, -0.2) is 28.2 Å². The molecular weight excluding hydrogens is 274 g/mol. The van der Waals surface area contributed by atoms with Gasteiger partial charge < -0.3 is 16.0 Å². The average molecular weight is 287 g/mol. The molecule has 0 aliphatic rings. The van der Waals surface area contributed by atoms with Gasteiger partial charge in [0, 0.05) is 6.07 Å². The first kappa shape index (κ1) is 15.4. The van der Waals surface area contributed by atoms with Crippen molar-refractivity contribution >= 4 is 29.5 Å². The van der Waals surface area contributed by atoms with Crippen molar-refractivity contribution in [2.24, 2.45) is 5.73 Å². The lowest BCUT2D eigenvalue weighted by Gasteiger charge is -2.16. The molecule has 0 bridgehead atoms. The fourth-order valence-electron chi connectivity index (χ4n) is 1.25. The van der Waals surface area contributed by atoms with Gasteiger partial charge in [-0.1, -0.05) is 12.1 Å². The molecule has 19 heavy (non-hydrogen) atoms. The van der Waals surface area contributed by atoms with Gasteiger partial charge in [-0.2, -0.15) is 5.23 Å². The molecule has 0 saturated heterocycles. The van der Waals surface area contributed by atoms with Gasteiger partial charge in [0.25, 0.3) is 0 Å². The van der Waals surface area contributed by atoms with E-state index in [2.05, 4.69) is 4.72 Å². The minimum Gasteiger partial charge on any atom is -0.595 e. The number of amides is 1. The molecular formula is C10H13N3O5S. The average Bonchev–Trinajstić information content (AvgIpc) is 2.34. The molecule has 1 aromatic carbocycles. The summed E-state index contributed by atoms with van der Waals surface area (Å²) >= 11 is 0.834. The standard InChI is InChI=1S/C10H13N3O5S/c11-9(14)5-6(10(15)16)12-19-8-4-2-1-3-7(8)13(17)18/h1-4,6,12-13,17H,5H2,(H2,11,14)(H,15,16)/t6-/m0/s1. The van der Waals surface area contributed by atoms with Gasteiger partial charge in [-0.15, -0.1) is 0 Å². The Morgan fingerprint density at radius 1 is 1.47 bits per heavy atom. The third-order valence-corrected chi connectivity index (χ3v) is 3.11. The minimum atomic E-state index is -1.24. The Morgan fingerprint density at radius 2 is 2.11 bits per heavy atom. The first-order valence-corrected chi connectivity index (χ1v) is 5.99. The first-order valence-electron chi connectivity index (χ1n) is 5.17. The zero-order valence-electron chi connectivity index (χ0n) is 9.70. The number of hydrogen-bond acceptors (Lipinski definition) is 6. The molecule has 104 valence electrons. The van der Waals surface area contributed by atoms with Crippen LogP contribution in [0.5, 0.6) is 0 Å². The molecule has 1 unspecified atom stereocenters. The number of primary amides is 1. The Bertz CT molecular complexity index is 468. The Balaban J connectivity index is 2.74. The number of carboxylic acid groups (broad SMARTS) is 1. The van der Waals surface area contributed by atoms with Gasteiger partial charge in [0.15, 0.2) is 5.69 Å². The molecule has 0 aromatic heterocycles. The van der Waals surface area contributed by atoms with Crippen LogP contribution in [0.2, 0.25) is 0 Å². The largest absolute Gasteiger partial charge is 0.595 e. The monoisotopic (exact) mass is 287 g/mol. The Morgan fingerprint density at radius 3 is 2.63 bits per heavy atom. The van der Waals surface area contributed by atoms with Crippen molar-refractivity contribution in [2.45, 2.75) is 17.4 Å². The van der Waals surface area contributed by atoms with E-state index >= 15 is 0 Å². The minimum absolute atomic E-state index is 0.0446. The van der Waals surface area contributed by atoms with Gasteiger partial charge in [0.05, 0.1) is 11.3 Å². The molecule has 2 atom stereocenters. The van der Waals surface area contributed by atoms with Crippen LogP contribution in [0, 0.1) is 5.21 Å². The quantitative estimate of drug-likeness (QED) is 0.320. The lowest BCUT2D eigenvalue weighted by Crippen LogP contribution is -2.99. The summed E-state index contributed by atoms with van der Waals surface area (Å²) in [6.07, 6.45) is -0.377. The predicted molar refractivity (Wildman–Crippen MR) is 66.4 cm³/mol. The van der Waals surface area contributed by atoms with Crippen LogP contribution < -0.4 is 15.7 Å². The third kappa shape index (κ3) is 4.85. The maximum Gasteiger partial charge on any atom is 0.322 e. The number of benzene rings is 1. The summed E-state index contributed by atoms with van der Waals surface area (Å²) in [5.41, 5.74) is 4.98. The molecule has 6 N–H and O–H groups in total. The maximum absolute atomic E-state index is 10.9. The lowest BCUT2D eigenvalue weighted by atomic mass is 10.2. The van der Waals surface area contributed by atoms with E-state index in [1.165, 1.54) is 12.1 Å². The Labute approximate surface area is 112 Å². The number of aliphatic carboxylic acids is 1. The summed E-state index contributed by atoms with van der Waals surface area (Å²) in [5.74, 6) is -1.99. The van der Waals surface area contributed by atoms with Gasteiger partial charge in [-0.3, -0.25) is 9.59 Å². The van der Waals surface area contributed by atoms with Crippen LogP contribution in [0.1, 0.15) is 6.42 Å². The number of nitrogens with one attached hydrogen (secondary N) is 2. The summed E-state index contributed by atoms with van der Waals surface area (Å²) in [6, 6.07) is 4.94. The number of para-hydroxylation sites is 1. The van der Waals surface area contributed by atoms with Gasteiger partial charge in [0.1, 0.15) is 6.04 Å². The van der Waals surface area contributed by atoms with Crippen molar-refractivity contribution in [2.75, 3.05) is 0 Å². The molecule has 0 aliphatic carbocycles. The molecule has 1 rings (SSSR count). The maximum atomic E-state index is 10.9. The molecule has 0 fully saturated rings. The van der Waals surface area contributed by atoms with E-state index < -0.39 is 23.1 Å². The highest BCUT2D eigenvalue weighted by molar-refractivity contribution is 7.97. The van der Waals surface area contributed by atoms with Crippen LogP contribution >= 0.6 is 11.9 Å². The second-order valence-electron chi connectivity index (χ2n) is 3.58. The van der Waals surface area contributed by atoms with E-state index in [4.69, 9.17) is 16.0 Å². The van der Waals surface area contributed by atoms with E-state index in [0.29, 0.717) is 4.90 Å². The third-order valence-electron chi connectivity index (χ3n) is 2.13. The van der Waals surface area contributed by atoms with Gasteiger partial charge in [-0.05, 0) is 18.0 Å². The normalized spacial score (nSPS) is 13.8. The topological polar surface area (TPSA) is 140 Å². The molecule has 1 amide bonds. The van der Waals surface area contributed by atoms with Crippen molar-refractivity contribution in [3.8, 4) is 0 Å². The second kappa shape index (κ2) is 7.07. The van der Waals surface area contributed by atoms with Crippen molar-refractivity contribution in [1.29, 1.82) is 0 Å². The van der Waals surface area contributed by atoms with Crippen molar-refractivity contribution in [1.82, 2.24) is 4.72 Å². The SMILES string of the molecule is NC(=O)C[C@H](NSc1ccccc1[NH+]([O-])O)C(=O)O. The summed E-state index contributed by atoms with van der Waals surface area (Å²) in [6.45, 7) is 0. The van der Waals surface area contributed by atoms with Crippen molar-refractivity contribution in [3.05, 3.63) is 29.5 Å². The fraction of sp³-hybridized carbons (Fsp3) is 0.200. The molecule has 1 aromatic rings. The smallest absolute Gasteiger partial charge is 0.322 e. The van der Waals surface area contributed by atoms with E-state index in [9.17, 15) is 14.8 Å². The first-order chi connectivity index (χ1) is 8.91. The number of carbonyl (C=O) groups excluding carboxylic acids is 1. The van der Waals surface area contributed by atoms with E-state index in [0.717, 1.165) is 11.9 Å². The van der Waals surface area contributed by atoms with Crippen molar-refractivity contribution in [3.63, 3.8) is 0 Å². The van der Waals surface area contributed by atoms with Crippen molar-refractivity contribution < 1.29 is 25.1 Å².